The molecule has 2 aliphatic heterocycles. The van der Waals surface area contributed by atoms with Crippen LogP contribution in [0.1, 0.15) is 54.4 Å². The summed E-state index contributed by atoms with van der Waals surface area (Å²) < 4.78 is 23.2. The molecule has 0 spiro atoms. The van der Waals surface area contributed by atoms with Crippen LogP contribution in [0.25, 0.3) is 0 Å². The molecule has 0 aromatic rings. The van der Waals surface area contributed by atoms with E-state index >= 15 is 0 Å². The van der Waals surface area contributed by atoms with Crippen LogP contribution in [0, 0.1) is 0 Å². The van der Waals surface area contributed by atoms with Crippen molar-refractivity contribution in [2.75, 3.05) is 33.4 Å². The summed E-state index contributed by atoms with van der Waals surface area (Å²) in [6.07, 6.45) is 1.50. The number of hydrogen-bond donors (Lipinski definition) is 0. The van der Waals surface area contributed by atoms with Crippen LogP contribution in [-0.4, -0.2) is 68.6 Å². The highest BCUT2D eigenvalue weighted by molar-refractivity contribution is 6.55. The van der Waals surface area contributed by atoms with Gasteiger partial charge in [-0.3, -0.25) is 9.69 Å². The molecule has 0 aromatic carbocycles. The molecule has 1 unspecified atom stereocenters. The normalized spacial score (nSPS) is 25.0. The number of nitrogens with zero attached hydrogens (tertiary/aromatic N) is 1. The van der Waals surface area contributed by atoms with Crippen LogP contribution in [-0.2, 0) is 23.6 Å². The second-order valence-electron chi connectivity index (χ2n) is 7.92. The van der Waals surface area contributed by atoms with Crippen molar-refractivity contribution in [3.63, 3.8) is 0 Å². The van der Waals surface area contributed by atoms with Crippen LogP contribution in [0.15, 0.2) is 11.0 Å². The largest absolute Gasteiger partial charge is 0.490 e. The number of methoxy groups -OCH3 is 1. The number of carbonyl (C=O) groups excluding carboxylic acids is 1. The third-order valence-electron chi connectivity index (χ3n) is 5.88. The maximum Gasteiger partial charge on any atom is 0.490 e. The first kappa shape index (κ1) is 21.4. The molecular formula is C19H34BNO5. The standard InChI is InChI=1S/C19H34BNO5/c1-8-14(16(17(22)23-7)21-10-12-24-13-11-21)15(9-2)20-25-18(3,4)19(5,6)26-20/h16H,8-13H2,1-7H3/b15-14+. The fraction of sp³-hybridized carbons (Fsp3) is 0.842. The summed E-state index contributed by atoms with van der Waals surface area (Å²) >= 11 is 0. The Kier molecular flexibility index (Phi) is 6.94. The van der Waals surface area contributed by atoms with Gasteiger partial charge in [-0.2, -0.15) is 0 Å². The van der Waals surface area contributed by atoms with Crippen molar-refractivity contribution in [1.29, 1.82) is 0 Å². The summed E-state index contributed by atoms with van der Waals surface area (Å²) in [4.78, 5) is 14.8. The van der Waals surface area contributed by atoms with Crippen molar-refractivity contribution >= 4 is 13.1 Å². The topological polar surface area (TPSA) is 57.2 Å². The molecular weight excluding hydrogens is 333 g/mol. The lowest BCUT2D eigenvalue weighted by atomic mass is 9.71. The maximum absolute atomic E-state index is 12.7. The Bertz CT molecular complexity index is 524. The molecule has 2 aliphatic rings. The fourth-order valence-corrected chi connectivity index (χ4v) is 3.59. The lowest BCUT2D eigenvalue weighted by Gasteiger charge is -2.35. The average Bonchev–Trinajstić information content (AvgIpc) is 2.82. The van der Waals surface area contributed by atoms with Crippen LogP contribution >= 0.6 is 0 Å². The first-order chi connectivity index (χ1) is 12.2. The summed E-state index contributed by atoms with van der Waals surface area (Å²) in [5, 5.41) is 0. The third kappa shape index (κ3) is 4.16. The molecule has 0 amide bonds. The SMILES string of the molecule is CC/C(B1OC(C)(C)C(C)(C)O1)=C(/CC)C(C(=O)OC)N1CCOCC1. The van der Waals surface area contributed by atoms with Gasteiger partial charge in [0, 0.05) is 13.1 Å². The van der Waals surface area contributed by atoms with Gasteiger partial charge in [-0.25, -0.2) is 0 Å². The lowest BCUT2D eigenvalue weighted by molar-refractivity contribution is -0.147. The zero-order chi connectivity index (χ0) is 19.5. The minimum atomic E-state index is -0.437. The lowest BCUT2D eigenvalue weighted by Crippen LogP contribution is -2.49. The Morgan fingerprint density at radius 3 is 2.04 bits per heavy atom. The van der Waals surface area contributed by atoms with E-state index in [9.17, 15) is 4.79 Å². The van der Waals surface area contributed by atoms with Crippen LogP contribution in [0.4, 0.5) is 0 Å². The number of morpholine rings is 1. The van der Waals surface area contributed by atoms with E-state index in [1.807, 2.05) is 27.7 Å². The average molecular weight is 367 g/mol. The molecule has 26 heavy (non-hydrogen) atoms. The molecule has 148 valence electrons. The molecule has 1 atom stereocenters. The van der Waals surface area contributed by atoms with E-state index < -0.39 is 24.4 Å². The Morgan fingerprint density at radius 2 is 1.62 bits per heavy atom. The Hall–Kier alpha value is -0.885. The molecule has 7 heteroatoms. The van der Waals surface area contributed by atoms with Crippen LogP contribution in [0.2, 0.25) is 0 Å². The van der Waals surface area contributed by atoms with Crippen molar-refractivity contribution < 1.29 is 23.6 Å². The minimum absolute atomic E-state index is 0.230. The second kappa shape index (κ2) is 8.42. The first-order valence-corrected chi connectivity index (χ1v) is 9.65. The van der Waals surface area contributed by atoms with Gasteiger partial charge in [0.15, 0.2) is 0 Å². The molecule has 0 saturated carbocycles. The molecule has 2 rings (SSSR count). The quantitative estimate of drug-likeness (QED) is 0.531. The Morgan fingerprint density at radius 1 is 1.08 bits per heavy atom. The van der Waals surface area contributed by atoms with Gasteiger partial charge in [0.1, 0.15) is 6.04 Å². The van der Waals surface area contributed by atoms with Crippen molar-refractivity contribution in [2.24, 2.45) is 0 Å². The minimum Gasteiger partial charge on any atom is -0.468 e. The van der Waals surface area contributed by atoms with Gasteiger partial charge in [0.25, 0.3) is 0 Å². The Labute approximate surface area is 158 Å². The third-order valence-corrected chi connectivity index (χ3v) is 5.88. The van der Waals surface area contributed by atoms with Gasteiger partial charge in [-0.05, 0) is 51.6 Å². The van der Waals surface area contributed by atoms with Crippen LogP contribution in [0.3, 0.4) is 0 Å². The number of rotatable bonds is 6. The summed E-state index contributed by atoms with van der Waals surface area (Å²) in [5.74, 6) is -0.230. The van der Waals surface area contributed by atoms with E-state index in [4.69, 9.17) is 18.8 Å². The second-order valence-corrected chi connectivity index (χ2v) is 7.92. The molecule has 0 aliphatic carbocycles. The van der Waals surface area contributed by atoms with Crippen LogP contribution < -0.4 is 0 Å². The molecule has 6 nitrogen and oxygen atoms in total. The Balaban J connectivity index is 2.42. The zero-order valence-electron chi connectivity index (χ0n) is 17.4. The van der Waals surface area contributed by atoms with Crippen molar-refractivity contribution in [1.82, 2.24) is 4.90 Å². The van der Waals surface area contributed by atoms with Gasteiger partial charge in [0.05, 0.1) is 31.5 Å². The van der Waals surface area contributed by atoms with Crippen molar-refractivity contribution in [2.45, 2.75) is 71.6 Å². The highest BCUT2D eigenvalue weighted by Crippen LogP contribution is 2.40. The molecule has 0 aromatic heterocycles. The smallest absolute Gasteiger partial charge is 0.468 e. The summed E-state index contributed by atoms with van der Waals surface area (Å²) in [5.41, 5.74) is 1.28. The van der Waals surface area contributed by atoms with E-state index in [1.165, 1.54) is 7.11 Å². The van der Waals surface area contributed by atoms with E-state index in [1.54, 1.807) is 0 Å². The maximum atomic E-state index is 12.7. The number of esters is 1. The van der Waals surface area contributed by atoms with Gasteiger partial charge in [0.2, 0.25) is 0 Å². The van der Waals surface area contributed by atoms with Gasteiger partial charge < -0.3 is 18.8 Å². The number of hydrogen-bond acceptors (Lipinski definition) is 6. The van der Waals surface area contributed by atoms with E-state index in [0.29, 0.717) is 26.3 Å². The molecule has 0 radical (unpaired) electrons. The summed E-state index contributed by atoms with van der Waals surface area (Å²) in [6, 6.07) is -0.414. The predicted molar refractivity (Wildman–Crippen MR) is 102 cm³/mol. The van der Waals surface area contributed by atoms with Crippen molar-refractivity contribution in [3.8, 4) is 0 Å². The fourth-order valence-electron chi connectivity index (χ4n) is 3.59. The summed E-state index contributed by atoms with van der Waals surface area (Å²) in [7, 11) is 1.01. The van der Waals surface area contributed by atoms with E-state index in [-0.39, 0.29) is 5.97 Å². The van der Waals surface area contributed by atoms with Crippen molar-refractivity contribution in [3.05, 3.63) is 11.0 Å². The highest BCUT2D eigenvalue weighted by Gasteiger charge is 2.53. The first-order valence-electron chi connectivity index (χ1n) is 9.65. The molecule has 2 heterocycles. The van der Waals surface area contributed by atoms with Crippen LogP contribution in [0.5, 0.6) is 0 Å². The number of carbonyl (C=O) groups is 1. The van der Waals surface area contributed by atoms with Gasteiger partial charge >= 0.3 is 13.1 Å². The summed E-state index contributed by atoms with van der Waals surface area (Å²) in [6.45, 7) is 15.0. The van der Waals surface area contributed by atoms with Gasteiger partial charge in [-0.15, -0.1) is 0 Å². The molecule has 2 fully saturated rings. The van der Waals surface area contributed by atoms with E-state index in [2.05, 4.69) is 18.7 Å². The number of allylic oxidation sites excluding steroid dienone is 1. The molecule has 0 bridgehead atoms. The predicted octanol–water partition coefficient (Wildman–Crippen LogP) is 2.61. The number of ether oxygens (including phenoxy) is 2. The molecule has 2 saturated heterocycles. The van der Waals surface area contributed by atoms with Gasteiger partial charge in [-0.1, -0.05) is 13.8 Å². The highest BCUT2D eigenvalue weighted by atomic mass is 16.7. The monoisotopic (exact) mass is 367 g/mol. The van der Waals surface area contributed by atoms with E-state index in [0.717, 1.165) is 23.9 Å². The zero-order valence-corrected chi connectivity index (χ0v) is 17.4. The molecule has 0 N–H and O–H groups in total.